The van der Waals surface area contributed by atoms with Gasteiger partial charge in [0.2, 0.25) is 5.91 Å². The maximum absolute atomic E-state index is 13.0. The molecule has 4 aromatic rings. The molecular weight excluding hydrogens is 459 g/mol. The number of hydrogen-bond acceptors (Lipinski definition) is 4. The van der Waals surface area contributed by atoms with Crippen molar-refractivity contribution >= 4 is 34.2 Å². The van der Waals surface area contributed by atoms with Gasteiger partial charge in [0.15, 0.2) is 5.65 Å². The van der Waals surface area contributed by atoms with Crippen LogP contribution in [0.4, 0.5) is 18.9 Å². The SMILES string of the molecule is Cc1nc2c(cnn2-c2ccccc2)c(=O)n1CCC(=O)Nc1cc(C(F)(F)F)ccc1Cl. The number of benzene rings is 2. The number of amides is 1. The monoisotopic (exact) mass is 475 g/mol. The van der Waals surface area contributed by atoms with Crippen LogP contribution in [0.15, 0.2) is 59.5 Å². The highest BCUT2D eigenvalue weighted by Crippen LogP contribution is 2.33. The van der Waals surface area contributed by atoms with E-state index in [0.717, 1.165) is 23.9 Å². The zero-order chi connectivity index (χ0) is 23.8. The molecule has 0 fully saturated rings. The first-order chi connectivity index (χ1) is 15.6. The smallest absolute Gasteiger partial charge is 0.325 e. The molecule has 0 unspecified atom stereocenters. The molecule has 0 saturated heterocycles. The second-order valence-electron chi connectivity index (χ2n) is 7.24. The Kier molecular flexibility index (Phi) is 5.94. The summed E-state index contributed by atoms with van der Waals surface area (Å²) in [5.41, 5.74) is -0.323. The van der Waals surface area contributed by atoms with Crippen LogP contribution in [0.1, 0.15) is 17.8 Å². The number of anilines is 1. The number of carbonyl (C=O) groups is 1. The Bertz CT molecular complexity index is 1400. The quantitative estimate of drug-likeness (QED) is 0.457. The number of fused-ring (bicyclic) bond motifs is 1. The van der Waals surface area contributed by atoms with Crippen LogP contribution in [0.25, 0.3) is 16.7 Å². The van der Waals surface area contributed by atoms with Crippen LogP contribution < -0.4 is 10.9 Å². The molecule has 0 radical (unpaired) electrons. The predicted molar refractivity (Wildman–Crippen MR) is 118 cm³/mol. The van der Waals surface area contributed by atoms with Gasteiger partial charge >= 0.3 is 6.18 Å². The van der Waals surface area contributed by atoms with Crippen molar-refractivity contribution in [1.82, 2.24) is 19.3 Å². The van der Waals surface area contributed by atoms with Crippen molar-refractivity contribution in [3.05, 3.63) is 81.5 Å². The molecule has 7 nitrogen and oxygen atoms in total. The fraction of sp³-hybridized carbons (Fsp3) is 0.182. The first kappa shape index (κ1) is 22.5. The third kappa shape index (κ3) is 4.61. The van der Waals surface area contributed by atoms with Crippen LogP contribution in [0.5, 0.6) is 0 Å². The molecule has 2 aromatic carbocycles. The van der Waals surface area contributed by atoms with Crippen LogP contribution in [0.3, 0.4) is 0 Å². The molecule has 0 aliphatic heterocycles. The predicted octanol–water partition coefficient (Wildman–Crippen LogP) is 4.59. The average molecular weight is 476 g/mol. The lowest BCUT2D eigenvalue weighted by Gasteiger charge is -2.13. The Morgan fingerprint density at radius 2 is 1.88 bits per heavy atom. The maximum atomic E-state index is 13.0. The first-order valence-electron chi connectivity index (χ1n) is 9.82. The van der Waals surface area contributed by atoms with Crippen molar-refractivity contribution in [2.24, 2.45) is 0 Å². The number of halogens is 4. The van der Waals surface area contributed by atoms with Gasteiger partial charge in [-0.05, 0) is 37.3 Å². The Morgan fingerprint density at radius 3 is 2.58 bits per heavy atom. The van der Waals surface area contributed by atoms with E-state index in [9.17, 15) is 22.8 Å². The molecule has 2 aromatic heterocycles. The number of para-hydroxylation sites is 1. The van der Waals surface area contributed by atoms with Crippen LogP contribution in [0.2, 0.25) is 5.02 Å². The average Bonchev–Trinajstić information content (AvgIpc) is 3.19. The summed E-state index contributed by atoms with van der Waals surface area (Å²) in [6, 6.07) is 11.9. The molecule has 4 rings (SSSR count). The van der Waals surface area contributed by atoms with Gasteiger partial charge in [0.25, 0.3) is 5.56 Å². The molecule has 2 heterocycles. The molecule has 0 spiro atoms. The van der Waals surface area contributed by atoms with Gasteiger partial charge < -0.3 is 5.32 Å². The van der Waals surface area contributed by atoms with Crippen molar-refractivity contribution in [2.75, 3.05) is 5.32 Å². The van der Waals surface area contributed by atoms with Gasteiger partial charge in [-0.25, -0.2) is 9.67 Å². The van der Waals surface area contributed by atoms with Crippen LogP contribution in [-0.2, 0) is 17.5 Å². The van der Waals surface area contributed by atoms with Gasteiger partial charge in [0, 0.05) is 13.0 Å². The Labute approximate surface area is 190 Å². The van der Waals surface area contributed by atoms with E-state index in [4.69, 9.17) is 11.6 Å². The van der Waals surface area contributed by atoms with E-state index in [0.29, 0.717) is 11.5 Å². The molecule has 0 aliphatic rings. The summed E-state index contributed by atoms with van der Waals surface area (Å²) < 4.78 is 41.7. The second-order valence-corrected chi connectivity index (χ2v) is 7.64. The Hall–Kier alpha value is -3.66. The summed E-state index contributed by atoms with van der Waals surface area (Å²) in [6.07, 6.45) is -3.33. The van der Waals surface area contributed by atoms with E-state index in [1.54, 1.807) is 11.6 Å². The highest BCUT2D eigenvalue weighted by atomic mass is 35.5. The highest BCUT2D eigenvalue weighted by molar-refractivity contribution is 6.33. The van der Waals surface area contributed by atoms with Gasteiger partial charge in [-0.3, -0.25) is 14.2 Å². The molecule has 11 heteroatoms. The summed E-state index contributed by atoms with van der Waals surface area (Å²) in [4.78, 5) is 29.8. The van der Waals surface area contributed by atoms with E-state index in [1.807, 2.05) is 30.3 Å². The molecule has 0 bridgehead atoms. The number of alkyl halides is 3. The first-order valence-corrected chi connectivity index (χ1v) is 10.2. The zero-order valence-electron chi connectivity index (χ0n) is 17.2. The number of rotatable bonds is 5. The van der Waals surface area contributed by atoms with Gasteiger partial charge in [-0.15, -0.1) is 0 Å². The minimum Gasteiger partial charge on any atom is -0.325 e. The summed E-state index contributed by atoms with van der Waals surface area (Å²) in [6.45, 7) is 1.61. The normalized spacial score (nSPS) is 11.7. The van der Waals surface area contributed by atoms with E-state index < -0.39 is 17.6 Å². The molecule has 1 amide bonds. The van der Waals surface area contributed by atoms with E-state index >= 15 is 0 Å². The highest BCUT2D eigenvalue weighted by Gasteiger charge is 2.31. The third-order valence-corrected chi connectivity index (χ3v) is 5.34. The Morgan fingerprint density at radius 1 is 1.15 bits per heavy atom. The molecule has 0 atom stereocenters. The zero-order valence-corrected chi connectivity index (χ0v) is 18.0. The lowest BCUT2D eigenvalue weighted by Crippen LogP contribution is -2.26. The number of carbonyl (C=O) groups excluding carboxylic acids is 1. The lowest BCUT2D eigenvalue weighted by molar-refractivity contribution is -0.137. The summed E-state index contributed by atoms with van der Waals surface area (Å²) in [7, 11) is 0. The fourth-order valence-electron chi connectivity index (χ4n) is 3.35. The topological polar surface area (TPSA) is 81.8 Å². The van der Waals surface area contributed by atoms with E-state index in [-0.39, 0.29) is 34.6 Å². The Balaban J connectivity index is 1.54. The molecular formula is C22H17ClF3N5O2. The summed E-state index contributed by atoms with van der Waals surface area (Å²) >= 11 is 5.92. The molecule has 1 N–H and O–H groups in total. The molecule has 170 valence electrons. The van der Waals surface area contributed by atoms with Gasteiger partial charge in [-0.1, -0.05) is 29.8 Å². The van der Waals surface area contributed by atoms with E-state index in [1.165, 1.54) is 10.8 Å². The number of hydrogen-bond donors (Lipinski definition) is 1. The second kappa shape index (κ2) is 8.70. The third-order valence-electron chi connectivity index (χ3n) is 5.01. The minimum atomic E-state index is -4.57. The van der Waals surface area contributed by atoms with Crippen molar-refractivity contribution < 1.29 is 18.0 Å². The molecule has 33 heavy (non-hydrogen) atoms. The van der Waals surface area contributed by atoms with E-state index in [2.05, 4.69) is 15.4 Å². The minimum absolute atomic E-state index is 0.0213. The van der Waals surface area contributed by atoms with Crippen LogP contribution in [0, 0.1) is 6.92 Å². The number of aryl methyl sites for hydroxylation is 1. The lowest BCUT2D eigenvalue weighted by atomic mass is 10.2. The molecule has 0 saturated carbocycles. The van der Waals surface area contributed by atoms with Crippen molar-refractivity contribution in [1.29, 1.82) is 0 Å². The number of nitrogens with zero attached hydrogens (tertiary/aromatic N) is 4. The van der Waals surface area contributed by atoms with Gasteiger partial charge in [-0.2, -0.15) is 18.3 Å². The summed E-state index contributed by atoms with van der Waals surface area (Å²) in [5.74, 6) is -0.224. The van der Waals surface area contributed by atoms with Crippen molar-refractivity contribution in [2.45, 2.75) is 26.1 Å². The fourth-order valence-corrected chi connectivity index (χ4v) is 3.52. The standard InChI is InChI=1S/C22H17ClF3N5O2/c1-13-28-20-16(12-27-31(20)15-5-3-2-4-6-15)21(33)30(13)10-9-19(32)29-18-11-14(22(24,25)26)7-8-17(18)23/h2-8,11-12H,9-10H2,1H3,(H,29,32). The van der Waals surface area contributed by atoms with Gasteiger partial charge in [0.1, 0.15) is 11.2 Å². The largest absolute Gasteiger partial charge is 0.416 e. The number of aromatic nitrogens is 4. The van der Waals surface area contributed by atoms with Crippen LogP contribution >= 0.6 is 11.6 Å². The maximum Gasteiger partial charge on any atom is 0.416 e. The summed E-state index contributed by atoms with van der Waals surface area (Å²) in [5, 5.41) is 6.88. The number of nitrogens with one attached hydrogen (secondary N) is 1. The molecule has 0 aliphatic carbocycles. The van der Waals surface area contributed by atoms with Crippen LogP contribution in [-0.4, -0.2) is 25.2 Å². The van der Waals surface area contributed by atoms with Gasteiger partial charge in [0.05, 0.1) is 28.2 Å². The van der Waals surface area contributed by atoms with Crippen molar-refractivity contribution in [3.8, 4) is 5.69 Å². The van der Waals surface area contributed by atoms with Crippen molar-refractivity contribution in [3.63, 3.8) is 0 Å².